The van der Waals surface area contributed by atoms with Crippen LogP contribution < -0.4 is 5.73 Å². The SMILES string of the molecule is C=C(CC(=C)c1cccs1)C(N)=O. The van der Waals surface area contributed by atoms with Crippen LogP contribution in [-0.2, 0) is 4.79 Å². The smallest absolute Gasteiger partial charge is 0.244 e. The summed E-state index contributed by atoms with van der Waals surface area (Å²) >= 11 is 1.59. The summed E-state index contributed by atoms with van der Waals surface area (Å²) in [6, 6.07) is 3.90. The number of carbonyl (C=O) groups is 1. The molecule has 13 heavy (non-hydrogen) atoms. The van der Waals surface area contributed by atoms with Crippen molar-refractivity contribution in [2.45, 2.75) is 6.42 Å². The highest BCUT2D eigenvalue weighted by atomic mass is 32.1. The van der Waals surface area contributed by atoms with Gasteiger partial charge in [0, 0.05) is 16.9 Å². The van der Waals surface area contributed by atoms with Crippen LogP contribution in [0.2, 0.25) is 0 Å². The lowest BCUT2D eigenvalue weighted by Crippen LogP contribution is -2.12. The topological polar surface area (TPSA) is 43.1 Å². The summed E-state index contributed by atoms with van der Waals surface area (Å²) in [5.41, 5.74) is 6.35. The van der Waals surface area contributed by atoms with Crippen LogP contribution in [0.15, 0.2) is 36.2 Å². The van der Waals surface area contributed by atoms with E-state index in [-0.39, 0.29) is 0 Å². The second kappa shape index (κ2) is 4.05. The summed E-state index contributed by atoms with van der Waals surface area (Å²) in [5.74, 6) is -0.460. The summed E-state index contributed by atoms with van der Waals surface area (Å²) < 4.78 is 0. The maximum Gasteiger partial charge on any atom is 0.244 e. The fourth-order valence-electron chi connectivity index (χ4n) is 0.912. The first-order chi connectivity index (χ1) is 6.11. The van der Waals surface area contributed by atoms with E-state index in [1.165, 1.54) is 0 Å². The van der Waals surface area contributed by atoms with Gasteiger partial charge in [-0.15, -0.1) is 11.3 Å². The highest BCUT2D eigenvalue weighted by Crippen LogP contribution is 2.23. The minimum absolute atomic E-state index is 0.401. The molecule has 2 N–H and O–H groups in total. The molecule has 0 radical (unpaired) electrons. The number of nitrogens with two attached hydrogens (primary N) is 1. The van der Waals surface area contributed by atoms with E-state index in [2.05, 4.69) is 13.2 Å². The van der Waals surface area contributed by atoms with Gasteiger partial charge < -0.3 is 5.73 Å². The lowest BCUT2D eigenvalue weighted by molar-refractivity contribution is -0.114. The molecule has 0 saturated carbocycles. The lowest BCUT2D eigenvalue weighted by Gasteiger charge is -2.02. The first kappa shape index (κ1) is 9.74. The van der Waals surface area contributed by atoms with Crippen molar-refractivity contribution in [3.8, 4) is 0 Å². The second-order valence-corrected chi connectivity index (χ2v) is 3.67. The molecule has 0 aliphatic heterocycles. The molecule has 0 aliphatic rings. The van der Waals surface area contributed by atoms with Gasteiger partial charge in [0.25, 0.3) is 0 Å². The van der Waals surface area contributed by atoms with Gasteiger partial charge in [0.15, 0.2) is 0 Å². The highest BCUT2D eigenvalue weighted by Gasteiger charge is 2.06. The van der Waals surface area contributed by atoms with Crippen molar-refractivity contribution < 1.29 is 4.79 Å². The maximum absolute atomic E-state index is 10.7. The van der Waals surface area contributed by atoms with Gasteiger partial charge in [-0.1, -0.05) is 19.2 Å². The third kappa shape index (κ3) is 2.56. The molecule has 0 aromatic carbocycles. The molecule has 0 fully saturated rings. The van der Waals surface area contributed by atoms with Gasteiger partial charge in [-0.25, -0.2) is 0 Å². The Balaban J connectivity index is 2.62. The predicted molar refractivity (Wildman–Crippen MR) is 56.3 cm³/mol. The van der Waals surface area contributed by atoms with Gasteiger partial charge in [0.2, 0.25) is 5.91 Å². The van der Waals surface area contributed by atoms with Crippen molar-refractivity contribution in [2.24, 2.45) is 5.73 Å². The molecule has 0 spiro atoms. The van der Waals surface area contributed by atoms with Crippen LogP contribution in [0.25, 0.3) is 5.57 Å². The molecule has 0 bridgehead atoms. The Morgan fingerprint density at radius 1 is 1.54 bits per heavy atom. The molecule has 0 aliphatic carbocycles. The molecule has 1 heterocycles. The molecule has 2 nitrogen and oxygen atoms in total. The fraction of sp³-hybridized carbons (Fsp3) is 0.100. The zero-order chi connectivity index (χ0) is 9.84. The Hall–Kier alpha value is -1.35. The quantitative estimate of drug-likeness (QED) is 0.732. The maximum atomic E-state index is 10.7. The van der Waals surface area contributed by atoms with Crippen LogP contribution in [0.1, 0.15) is 11.3 Å². The van der Waals surface area contributed by atoms with Crippen molar-refractivity contribution >= 4 is 22.8 Å². The van der Waals surface area contributed by atoms with E-state index in [1.54, 1.807) is 11.3 Å². The lowest BCUT2D eigenvalue weighted by atomic mass is 10.1. The molecule has 0 atom stereocenters. The van der Waals surface area contributed by atoms with Crippen LogP contribution in [0.3, 0.4) is 0 Å². The molecule has 3 heteroatoms. The van der Waals surface area contributed by atoms with Crippen molar-refractivity contribution in [3.05, 3.63) is 41.1 Å². The normalized spacial score (nSPS) is 9.54. The third-order valence-electron chi connectivity index (χ3n) is 1.64. The standard InChI is InChI=1S/C10H11NOS/c1-7(6-8(2)10(11)12)9-4-3-5-13-9/h3-5H,1-2,6H2,(H2,11,12). The first-order valence-electron chi connectivity index (χ1n) is 3.80. The van der Waals surface area contributed by atoms with Gasteiger partial charge in [0.05, 0.1) is 0 Å². The number of hydrogen-bond donors (Lipinski definition) is 1. The average Bonchev–Trinajstić information content (AvgIpc) is 2.55. The predicted octanol–water partition coefficient (Wildman–Crippen LogP) is 2.19. The third-order valence-corrected chi connectivity index (χ3v) is 2.62. The number of primary amides is 1. The summed E-state index contributed by atoms with van der Waals surface area (Å²) in [7, 11) is 0. The number of carbonyl (C=O) groups excluding carboxylic acids is 1. The van der Waals surface area contributed by atoms with Crippen LogP contribution in [-0.4, -0.2) is 5.91 Å². The van der Waals surface area contributed by atoms with Crippen molar-refractivity contribution in [3.63, 3.8) is 0 Å². The molecular formula is C10H11NOS. The zero-order valence-electron chi connectivity index (χ0n) is 7.25. The minimum Gasteiger partial charge on any atom is -0.366 e. The van der Waals surface area contributed by atoms with Gasteiger partial charge in [-0.2, -0.15) is 0 Å². The summed E-state index contributed by atoms with van der Waals surface area (Å²) in [4.78, 5) is 11.8. The molecule has 68 valence electrons. The van der Waals surface area contributed by atoms with Crippen LogP contribution >= 0.6 is 11.3 Å². The number of allylic oxidation sites excluding steroid dienone is 1. The van der Waals surface area contributed by atoms with E-state index in [4.69, 9.17) is 5.73 Å². The molecule has 1 aromatic heterocycles. The van der Waals surface area contributed by atoms with Crippen molar-refractivity contribution in [2.75, 3.05) is 0 Å². The largest absolute Gasteiger partial charge is 0.366 e. The number of amides is 1. The average molecular weight is 193 g/mol. The molecule has 1 rings (SSSR count). The Morgan fingerprint density at radius 3 is 2.69 bits per heavy atom. The molecule has 1 amide bonds. The van der Waals surface area contributed by atoms with Crippen molar-refractivity contribution in [1.29, 1.82) is 0 Å². The highest BCUT2D eigenvalue weighted by molar-refractivity contribution is 7.11. The van der Waals surface area contributed by atoms with E-state index in [9.17, 15) is 4.79 Å². The van der Waals surface area contributed by atoms with Gasteiger partial charge >= 0.3 is 0 Å². The Morgan fingerprint density at radius 2 is 2.23 bits per heavy atom. The van der Waals surface area contributed by atoms with Crippen LogP contribution in [0.4, 0.5) is 0 Å². The second-order valence-electron chi connectivity index (χ2n) is 2.73. The Kier molecular flexibility index (Phi) is 3.03. The summed E-state index contributed by atoms with van der Waals surface area (Å²) in [6.07, 6.45) is 0.454. The first-order valence-corrected chi connectivity index (χ1v) is 4.68. The van der Waals surface area contributed by atoms with Gasteiger partial charge in [0.1, 0.15) is 0 Å². The Bertz CT molecular complexity index is 338. The molecule has 0 saturated heterocycles. The van der Waals surface area contributed by atoms with E-state index in [0.717, 1.165) is 10.5 Å². The van der Waals surface area contributed by atoms with Crippen LogP contribution in [0, 0.1) is 0 Å². The fourth-order valence-corrected chi connectivity index (χ4v) is 1.61. The van der Waals surface area contributed by atoms with Gasteiger partial charge in [-0.05, 0) is 17.0 Å². The number of hydrogen-bond acceptors (Lipinski definition) is 2. The number of rotatable bonds is 4. The van der Waals surface area contributed by atoms with Crippen LogP contribution in [0.5, 0.6) is 0 Å². The van der Waals surface area contributed by atoms with Gasteiger partial charge in [-0.3, -0.25) is 4.79 Å². The summed E-state index contributed by atoms with van der Waals surface area (Å²) in [6.45, 7) is 7.43. The molecular weight excluding hydrogens is 182 g/mol. The Labute approximate surface area is 81.4 Å². The monoisotopic (exact) mass is 193 g/mol. The minimum atomic E-state index is -0.460. The van der Waals surface area contributed by atoms with E-state index >= 15 is 0 Å². The molecule has 0 unspecified atom stereocenters. The summed E-state index contributed by atoms with van der Waals surface area (Å²) in [5, 5.41) is 1.97. The van der Waals surface area contributed by atoms with Crippen molar-refractivity contribution in [1.82, 2.24) is 0 Å². The van der Waals surface area contributed by atoms with E-state index in [0.29, 0.717) is 12.0 Å². The van der Waals surface area contributed by atoms with E-state index in [1.807, 2.05) is 17.5 Å². The number of thiophene rings is 1. The van der Waals surface area contributed by atoms with E-state index < -0.39 is 5.91 Å². The zero-order valence-corrected chi connectivity index (χ0v) is 8.06. The molecule has 1 aromatic rings.